The van der Waals surface area contributed by atoms with Crippen LogP contribution in [0.25, 0.3) is 0 Å². The summed E-state index contributed by atoms with van der Waals surface area (Å²) in [6.07, 6.45) is 3.72. The summed E-state index contributed by atoms with van der Waals surface area (Å²) in [5, 5.41) is 21.6. The zero-order valence-corrected chi connectivity index (χ0v) is 31.6. The van der Waals surface area contributed by atoms with E-state index in [4.69, 9.17) is 14.2 Å². The fourth-order valence-corrected chi connectivity index (χ4v) is 5.60. The molecule has 0 aliphatic heterocycles. The van der Waals surface area contributed by atoms with Crippen LogP contribution in [-0.4, -0.2) is 73.6 Å². The highest BCUT2D eigenvalue weighted by molar-refractivity contribution is 5.82. The minimum Gasteiger partial charge on any atom is -0.445 e. The van der Waals surface area contributed by atoms with Gasteiger partial charge in [-0.05, 0) is 65.1 Å². The van der Waals surface area contributed by atoms with Crippen molar-refractivity contribution in [3.05, 3.63) is 131 Å². The summed E-state index contributed by atoms with van der Waals surface area (Å²) in [5.74, 6) is -2.65. The van der Waals surface area contributed by atoms with Gasteiger partial charge in [0.05, 0.1) is 19.3 Å². The molecule has 0 spiro atoms. The van der Waals surface area contributed by atoms with Crippen molar-refractivity contribution in [2.45, 2.75) is 70.9 Å². The van der Waals surface area contributed by atoms with E-state index in [9.17, 15) is 33.1 Å². The normalized spacial score (nSPS) is 14.1. The Kier molecular flexibility index (Phi) is 17.0. The Bertz CT molecular complexity index is 1810. The van der Waals surface area contributed by atoms with Crippen LogP contribution in [0.4, 0.5) is 18.4 Å². The molecule has 0 aromatic heterocycles. The number of amides is 4. The maximum Gasteiger partial charge on any atom is 0.407 e. The first-order chi connectivity index (χ1) is 26.9. The predicted octanol–water partition coefficient (Wildman–Crippen LogP) is 5.40. The van der Waals surface area contributed by atoms with Crippen molar-refractivity contribution in [3.63, 3.8) is 0 Å². The number of carbonyl (C=O) groups excluding carboxylic acids is 4. The third-order valence-electron chi connectivity index (χ3n) is 8.80. The van der Waals surface area contributed by atoms with Crippen molar-refractivity contribution in [1.82, 2.24) is 21.3 Å². The van der Waals surface area contributed by atoms with E-state index in [1.54, 1.807) is 50.2 Å². The third-order valence-corrected chi connectivity index (χ3v) is 8.80. The summed E-state index contributed by atoms with van der Waals surface area (Å²) in [4.78, 5) is 51.7. The van der Waals surface area contributed by atoms with Gasteiger partial charge in [-0.3, -0.25) is 9.59 Å². The number of rotatable bonds is 20. The van der Waals surface area contributed by atoms with Crippen molar-refractivity contribution >= 4 is 24.0 Å². The molecular weight excluding hydrogens is 726 g/mol. The molecule has 0 saturated heterocycles. The summed E-state index contributed by atoms with van der Waals surface area (Å²) in [6, 6.07) is 18.8. The molecule has 4 amide bonds. The SMILES string of the molecule is CC(C)(CNC(=O)CC(Cc1cc(F)ccc1F)NC(=O)OCc1ccccc1)CNC(=O)C(O)C(COCC1=CC=CCC1)NC(=O)OCc1ccccc1. The molecule has 3 atom stereocenters. The molecule has 0 bridgehead atoms. The average molecular weight is 777 g/mol. The Morgan fingerprint density at radius 1 is 0.821 bits per heavy atom. The van der Waals surface area contributed by atoms with Crippen LogP contribution in [-0.2, 0) is 43.4 Å². The summed E-state index contributed by atoms with van der Waals surface area (Å²) >= 11 is 0. The van der Waals surface area contributed by atoms with Gasteiger partial charge in [-0.15, -0.1) is 0 Å². The number of halogens is 2. The van der Waals surface area contributed by atoms with E-state index in [0.29, 0.717) is 0 Å². The lowest BCUT2D eigenvalue weighted by Gasteiger charge is -2.28. The van der Waals surface area contributed by atoms with Gasteiger partial charge in [0, 0.05) is 25.6 Å². The molecule has 3 aromatic rings. The predicted molar refractivity (Wildman–Crippen MR) is 205 cm³/mol. The number of ether oxygens (including phenoxy) is 3. The second kappa shape index (κ2) is 22.1. The van der Waals surface area contributed by atoms with Gasteiger partial charge >= 0.3 is 12.2 Å². The highest BCUT2D eigenvalue weighted by atomic mass is 19.1. The quantitative estimate of drug-likeness (QED) is 0.102. The van der Waals surface area contributed by atoms with E-state index >= 15 is 0 Å². The number of alkyl carbamates (subject to hydrolysis) is 2. The van der Waals surface area contributed by atoms with Gasteiger partial charge in [0.15, 0.2) is 6.10 Å². The maximum absolute atomic E-state index is 14.5. The molecule has 1 aliphatic carbocycles. The number of hydrogen-bond acceptors (Lipinski definition) is 8. The highest BCUT2D eigenvalue weighted by Crippen LogP contribution is 2.16. The summed E-state index contributed by atoms with van der Waals surface area (Å²) in [5.41, 5.74) is 1.76. The van der Waals surface area contributed by atoms with Gasteiger partial charge in [-0.1, -0.05) is 92.7 Å². The monoisotopic (exact) mass is 776 g/mol. The van der Waals surface area contributed by atoms with Crippen LogP contribution >= 0.6 is 0 Å². The smallest absolute Gasteiger partial charge is 0.407 e. The van der Waals surface area contributed by atoms with Crippen LogP contribution in [0.15, 0.2) is 103 Å². The van der Waals surface area contributed by atoms with Gasteiger partial charge in [0.25, 0.3) is 5.91 Å². The molecule has 4 rings (SSSR count). The lowest BCUT2D eigenvalue weighted by molar-refractivity contribution is -0.132. The Balaban J connectivity index is 1.30. The molecule has 0 saturated carbocycles. The Morgan fingerprint density at radius 2 is 1.45 bits per heavy atom. The lowest BCUT2D eigenvalue weighted by atomic mass is 9.93. The van der Waals surface area contributed by atoms with Gasteiger partial charge in [-0.25, -0.2) is 18.4 Å². The van der Waals surface area contributed by atoms with E-state index in [2.05, 4.69) is 21.3 Å². The Labute approximate surface area is 325 Å². The number of allylic oxidation sites excluding steroid dienone is 3. The number of hydrogen-bond donors (Lipinski definition) is 5. The number of benzene rings is 3. The highest BCUT2D eigenvalue weighted by Gasteiger charge is 2.31. The van der Waals surface area contributed by atoms with Crippen LogP contribution in [0.5, 0.6) is 0 Å². The van der Waals surface area contributed by atoms with E-state index in [0.717, 1.165) is 47.7 Å². The van der Waals surface area contributed by atoms with Crippen molar-refractivity contribution < 1.29 is 47.3 Å². The maximum atomic E-state index is 14.5. The minimum absolute atomic E-state index is 0.0103. The summed E-state index contributed by atoms with van der Waals surface area (Å²) in [6.45, 7) is 3.63. The number of nitrogens with one attached hydrogen (secondary N) is 4. The molecule has 3 aromatic carbocycles. The van der Waals surface area contributed by atoms with Crippen LogP contribution < -0.4 is 21.3 Å². The van der Waals surface area contributed by atoms with Gasteiger partial charge < -0.3 is 40.6 Å². The molecular formula is C42H50F2N4O8. The van der Waals surface area contributed by atoms with Crippen molar-refractivity contribution in [3.8, 4) is 0 Å². The van der Waals surface area contributed by atoms with E-state index < -0.39 is 59.2 Å². The molecule has 5 N–H and O–H groups in total. The summed E-state index contributed by atoms with van der Waals surface area (Å²) < 4.78 is 44.8. The van der Waals surface area contributed by atoms with Crippen LogP contribution in [0.3, 0.4) is 0 Å². The lowest BCUT2D eigenvalue weighted by Crippen LogP contribution is -2.54. The van der Waals surface area contributed by atoms with E-state index in [-0.39, 0.29) is 57.9 Å². The molecule has 300 valence electrons. The molecule has 0 radical (unpaired) electrons. The van der Waals surface area contributed by atoms with Crippen molar-refractivity contribution in [1.29, 1.82) is 0 Å². The standard InChI is InChI=1S/C42H50F2N4O8/c1-42(2,27-45-37(49)22-34(21-32-20-33(43)18-19-35(32)44)47-40(52)55-24-30-14-8-4-9-15-30)28-46-39(51)38(50)36(26-54-23-29-12-6-3-7-13-29)48-41(53)56-25-31-16-10-5-11-17-31/h3-6,8-12,14-20,34,36,38,50H,7,13,21-28H2,1-2H3,(H,45,49)(H,46,51)(H,47,52)(H,48,53). The first-order valence-electron chi connectivity index (χ1n) is 18.4. The largest absolute Gasteiger partial charge is 0.445 e. The van der Waals surface area contributed by atoms with Crippen LogP contribution in [0.2, 0.25) is 0 Å². The Morgan fingerprint density at radius 3 is 2.07 bits per heavy atom. The van der Waals surface area contributed by atoms with Gasteiger partial charge in [-0.2, -0.15) is 0 Å². The van der Waals surface area contributed by atoms with Gasteiger partial charge in [0.2, 0.25) is 5.91 Å². The molecule has 14 heteroatoms. The average Bonchev–Trinajstić information content (AvgIpc) is 3.19. The molecule has 12 nitrogen and oxygen atoms in total. The summed E-state index contributed by atoms with van der Waals surface area (Å²) in [7, 11) is 0. The molecule has 3 unspecified atom stereocenters. The van der Waals surface area contributed by atoms with E-state index in [1.807, 2.05) is 42.5 Å². The first-order valence-corrected chi connectivity index (χ1v) is 18.4. The zero-order chi connectivity index (χ0) is 40.3. The van der Waals surface area contributed by atoms with E-state index in [1.165, 1.54) is 0 Å². The van der Waals surface area contributed by atoms with Crippen molar-refractivity contribution in [2.24, 2.45) is 5.41 Å². The van der Waals surface area contributed by atoms with Crippen LogP contribution in [0.1, 0.15) is 49.8 Å². The number of aliphatic hydroxyl groups is 1. The number of aliphatic hydroxyl groups excluding tert-OH is 1. The topological polar surface area (TPSA) is 164 Å². The number of carbonyl (C=O) groups is 4. The second-order valence-corrected chi connectivity index (χ2v) is 14.3. The molecule has 0 heterocycles. The molecule has 56 heavy (non-hydrogen) atoms. The van der Waals surface area contributed by atoms with Crippen molar-refractivity contribution in [2.75, 3.05) is 26.3 Å². The minimum atomic E-state index is -1.71. The second-order valence-electron chi connectivity index (χ2n) is 14.3. The fourth-order valence-electron chi connectivity index (χ4n) is 5.60. The Hall–Kier alpha value is -5.60. The van der Waals surface area contributed by atoms with Crippen LogP contribution in [0, 0.1) is 17.0 Å². The molecule has 1 aliphatic rings. The third kappa shape index (κ3) is 15.6. The van der Waals surface area contributed by atoms with Gasteiger partial charge in [0.1, 0.15) is 24.8 Å². The zero-order valence-electron chi connectivity index (χ0n) is 31.6. The first kappa shape index (κ1) is 43.1. The molecule has 0 fully saturated rings. The fraction of sp³-hybridized carbons (Fsp3) is 0.381.